The van der Waals surface area contributed by atoms with Gasteiger partial charge in [-0.1, -0.05) is 23.2 Å². The summed E-state index contributed by atoms with van der Waals surface area (Å²) in [5.41, 5.74) is 0.723. The van der Waals surface area contributed by atoms with E-state index < -0.39 is 0 Å². The summed E-state index contributed by atoms with van der Waals surface area (Å²) in [6.07, 6.45) is 1.36. The summed E-state index contributed by atoms with van der Waals surface area (Å²) in [6, 6.07) is 1.68. The minimum atomic E-state index is 0.288. The van der Waals surface area contributed by atoms with E-state index in [4.69, 9.17) is 27.9 Å². The normalized spacial score (nSPS) is 24.7. The monoisotopic (exact) mass is 261 g/mol. The molecule has 0 saturated carbocycles. The van der Waals surface area contributed by atoms with Crippen LogP contribution in [0.15, 0.2) is 6.07 Å². The van der Waals surface area contributed by atoms with Gasteiger partial charge in [0.05, 0.1) is 11.8 Å². The predicted octanol–water partition coefficient (Wildman–Crippen LogP) is 2.62. The molecule has 0 spiro atoms. The van der Waals surface area contributed by atoms with Gasteiger partial charge in [-0.05, 0) is 13.3 Å². The van der Waals surface area contributed by atoms with Gasteiger partial charge in [0.15, 0.2) is 10.3 Å². The summed E-state index contributed by atoms with van der Waals surface area (Å²) >= 11 is 11.6. The van der Waals surface area contributed by atoms with Crippen molar-refractivity contribution in [1.82, 2.24) is 10.2 Å². The zero-order chi connectivity index (χ0) is 11.5. The molecule has 88 valence electrons. The smallest absolute Gasteiger partial charge is 0.174 e. The van der Waals surface area contributed by atoms with E-state index in [2.05, 4.69) is 22.4 Å². The largest absolute Gasteiger partial charge is 0.382 e. The number of ether oxygens (including phenoxy) is 1. The van der Waals surface area contributed by atoms with Crippen molar-refractivity contribution >= 4 is 28.9 Å². The van der Waals surface area contributed by atoms with Gasteiger partial charge in [0, 0.05) is 25.1 Å². The van der Waals surface area contributed by atoms with Crippen LogP contribution in [0.5, 0.6) is 0 Å². The predicted molar refractivity (Wildman–Crippen MR) is 64.1 cm³/mol. The molecule has 1 N–H and O–H groups in total. The summed E-state index contributed by atoms with van der Waals surface area (Å²) < 4.78 is 5.48. The molecule has 1 aromatic heterocycles. The Morgan fingerprint density at radius 2 is 2.31 bits per heavy atom. The van der Waals surface area contributed by atoms with Crippen LogP contribution in [0, 0.1) is 5.92 Å². The van der Waals surface area contributed by atoms with Crippen molar-refractivity contribution in [3.05, 3.63) is 16.4 Å². The van der Waals surface area contributed by atoms with Crippen LogP contribution in [0.4, 0.5) is 5.69 Å². The van der Waals surface area contributed by atoms with Crippen molar-refractivity contribution in [2.24, 2.45) is 5.92 Å². The first kappa shape index (κ1) is 11.9. The molecule has 16 heavy (non-hydrogen) atoms. The first-order valence-corrected chi connectivity index (χ1v) is 5.96. The molecule has 1 saturated heterocycles. The van der Waals surface area contributed by atoms with Gasteiger partial charge in [-0.2, -0.15) is 0 Å². The Hall–Kier alpha value is -0.580. The average Bonchev–Trinajstić information content (AvgIpc) is 2.66. The number of anilines is 1. The molecule has 2 heterocycles. The van der Waals surface area contributed by atoms with E-state index in [-0.39, 0.29) is 6.10 Å². The third-order valence-electron chi connectivity index (χ3n) is 2.81. The van der Waals surface area contributed by atoms with E-state index in [1.807, 2.05) is 0 Å². The SMILES string of the molecule is CC1OCCC1CNc1cc(Cl)nnc1Cl. The first-order chi connectivity index (χ1) is 7.66. The molecule has 0 aliphatic carbocycles. The fraction of sp³-hybridized carbons (Fsp3) is 0.600. The molecule has 1 aliphatic heterocycles. The van der Waals surface area contributed by atoms with Crippen LogP contribution < -0.4 is 5.32 Å². The van der Waals surface area contributed by atoms with Gasteiger partial charge in [0.2, 0.25) is 0 Å². The van der Waals surface area contributed by atoms with Crippen LogP contribution in [-0.2, 0) is 4.74 Å². The van der Waals surface area contributed by atoms with Crippen molar-refractivity contribution in [2.75, 3.05) is 18.5 Å². The molecule has 0 amide bonds. The maximum absolute atomic E-state index is 5.89. The Morgan fingerprint density at radius 1 is 1.50 bits per heavy atom. The quantitative estimate of drug-likeness (QED) is 0.909. The molecule has 2 unspecified atom stereocenters. The Morgan fingerprint density at radius 3 is 3.00 bits per heavy atom. The maximum atomic E-state index is 5.89. The minimum absolute atomic E-state index is 0.288. The van der Waals surface area contributed by atoms with Crippen LogP contribution in [0.2, 0.25) is 10.3 Å². The number of aromatic nitrogens is 2. The second-order valence-corrected chi connectivity index (χ2v) is 4.62. The van der Waals surface area contributed by atoms with Crippen LogP contribution in [-0.4, -0.2) is 29.5 Å². The van der Waals surface area contributed by atoms with Gasteiger partial charge in [-0.15, -0.1) is 10.2 Å². The fourth-order valence-electron chi connectivity index (χ4n) is 1.76. The zero-order valence-electron chi connectivity index (χ0n) is 8.91. The van der Waals surface area contributed by atoms with Gasteiger partial charge >= 0.3 is 0 Å². The molecule has 0 bridgehead atoms. The zero-order valence-corrected chi connectivity index (χ0v) is 10.4. The lowest BCUT2D eigenvalue weighted by Gasteiger charge is -2.15. The lowest BCUT2D eigenvalue weighted by atomic mass is 10.0. The van der Waals surface area contributed by atoms with Crippen LogP contribution in [0.1, 0.15) is 13.3 Å². The highest BCUT2D eigenvalue weighted by atomic mass is 35.5. The lowest BCUT2D eigenvalue weighted by molar-refractivity contribution is 0.108. The van der Waals surface area contributed by atoms with Crippen molar-refractivity contribution in [2.45, 2.75) is 19.4 Å². The van der Waals surface area contributed by atoms with Crippen LogP contribution in [0.25, 0.3) is 0 Å². The number of halogens is 2. The second kappa shape index (κ2) is 5.17. The molecular formula is C10H13Cl2N3O. The van der Waals surface area contributed by atoms with Crippen LogP contribution in [0.3, 0.4) is 0 Å². The van der Waals surface area contributed by atoms with E-state index in [0.717, 1.165) is 25.3 Å². The fourth-order valence-corrected chi connectivity index (χ4v) is 2.07. The maximum Gasteiger partial charge on any atom is 0.174 e. The summed E-state index contributed by atoms with van der Waals surface area (Å²) in [4.78, 5) is 0. The Labute approximate surface area is 104 Å². The molecule has 0 radical (unpaired) electrons. The number of nitrogens with one attached hydrogen (secondary N) is 1. The van der Waals surface area contributed by atoms with Gasteiger partial charge in [-0.25, -0.2) is 0 Å². The summed E-state index contributed by atoms with van der Waals surface area (Å²) in [7, 11) is 0. The third kappa shape index (κ3) is 2.75. The summed E-state index contributed by atoms with van der Waals surface area (Å²) in [5, 5.41) is 11.3. The molecule has 1 fully saturated rings. The standard InChI is InChI=1S/C10H13Cl2N3O/c1-6-7(2-3-16-6)5-13-8-4-9(11)14-15-10(8)12/h4,6-7H,2-3,5H2,1H3,(H,13,14). The third-order valence-corrected chi connectivity index (χ3v) is 3.27. The minimum Gasteiger partial charge on any atom is -0.382 e. The van der Waals surface area contributed by atoms with E-state index in [1.165, 1.54) is 0 Å². The molecule has 1 aromatic rings. The first-order valence-electron chi connectivity index (χ1n) is 5.21. The topological polar surface area (TPSA) is 47.0 Å². The van der Waals surface area contributed by atoms with Crippen molar-refractivity contribution in [1.29, 1.82) is 0 Å². The van der Waals surface area contributed by atoms with Gasteiger partial charge < -0.3 is 10.1 Å². The molecule has 2 atom stereocenters. The van der Waals surface area contributed by atoms with Crippen molar-refractivity contribution in [3.63, 3.8) is 0 Å². The molecule has 6 heteroatoms. The Kier molecular flexibility index (Phi) is 3.84. The molecule has 0 aromatic carbocycles. The molecule has 2 rings (SSSR count). The Balaban J connectivity index is 1.96. The lowest BCUT2D eigenvalue weighted by Crippen LogP contribution is -2.21. The Bertz CT molecular complexity index is 375. The second-order valence-electron chi connectivity index (χ2n) is 3.88. The number of hydrogen-bond acceptors (Lipinski definition) is 4. The molecular weight excluding hydrogens is 249 g/mol. The summed E-state index contributed by atoms with van der Waals surface area (Å²) in [5.74, 6) is 0.503. The van der Waals surface area contributed by atoms with E-state index in [1.54, 1.807) is 6.07 Å². The molecule has 4 nitrogen and oxygen atoms in total. The molecule has 1 aliphatic rings. The highest BCUT2D eigenvalue weighted by Gasteiger charge is 2.24. The van der Waals surface area contributed by atoms with E-state index in [9.17, 15) is 0 Å². The van der Waals surface area contributed by atoms with Gasteiger partial charge in [0.25, 0.3) is 0 Å². The van der Waals surface area contributed by atoms with Crippen molar-refractivity contribution < 1.29 is 4.74 Å². The van der Waals surface area contributed by atoms with Crippen LogP contribution >= 0.6 is 23.2 Å². The number of hydrogen-bond donors (Lipinski definition) is 1. The number of rotatable bonds is 3. The van der Waals surface area contributed by atoms with Crippen molar-refractivity contribution in [3.8, 4) is 0 Å². The average molecular weight is 262 g/mol. The van der Waals surface area contributed by atoms with Gasteiger partial charge in [0.1, 0.15) is 0 Å². The highest BCUT2D eigenvalue weighted by Crippen LogP contribution is 2.24. The van der Waals surface area contributed by atoms with E-state index in [0.29, 0.717) is 16.2 Å². The van der Waals surface area contributed by atoms with E-state index >= 15 is 0 Å². The highest BCUT2D eigenvalue weighted by molar-refractivity contribution is 6.33. The number of nitrogens with zero attached hydrogens (tertiary/aromatic N) is 2. The summed E-state index contributed by atoms with van der Waals surface area (Å²) in [6.45, 7) is 3.72. The van der Waals surface area contributed by atoms with Gasteiger partial charge in [-0.3, -0.25) is 0 Å².